The number of nitrogens with one attached hydrogen (secondary N) is 2. The van der Waals surface area contributed by atoms with Crippen LogP contribution in [0, 0.1) is 0 Å². The molecule has 9 heteroatoms. The van der Waals surface area contributed by atoms with Crippen molar-refractivity contribution in [3.05, 3.63) is 42.0 Å². The first-order valence-corrected chi connectivity index (χ1v) is 5.86. The molecule has 0 fully saturated rings. The van der Waals surface area contributed by atoms with Gasteiger partial charge in [0.1, 0.15) is 12.1 Å². The summed E-state index contributed by atoms with van der Waals surface area (Å²) < 4.78 is 40.5. The predicted octanol–water partition coefficient (Wildman–Crippen LogP) is 1.68. The number of hydrogen-bond donors (Lipinski definition) is 2. The molecule has 2 N–H and O–H groups in total. The van der Waals surface area contributed by atoms with Crippen LogP contribution in [0.4, 0.5) is 13.2 Å². The van der Waals surface area contributed by atoms with E-state index in [2.05, 4.69) is 25.2 Å². The van der Waals surface area contributed by atoms with Gasteiger partial charge in [0.05, 0.1) is 0 Å². The molecule has 1 amide bonds. The van der Waals surface area contributed by atoms with Crippen molar-refractivity contribution in [1.82, 2.24) is 20.5 Å². The lowest BCUT2D eigenvalue weighted by Gasteiger charge is -2.09. The Morgan fingerprint density at radius 1 is 1.29 bits per heavy atom. The van der Waals surface area contributed by atoms with E-state index in [1.807, 2.05) is 0 Å². The third-order valence-corrected chi connectivity index (χ3v) is 2.41. The fraction of sp³-hybridized carbons (Fsp3) is 0.250. The average Bonchev–Trinajstić information content (AvgIpc) is 2.97. The fourth-order valence-electron chi connectivity index (χ4n) is 1.45. The fourth-order valence-corrected chi connectivity index (χ4v) is 1.45. The number of aromatic amines is 1. The Kier molecular flexibility index (Phi) is 4.41. The molecule has 0 atom stereocenters. The molecule has 0 radical (unpaired) electrons. The Labute approximate surface area is 117 Å². The van der Waals surface area contributed by atoms with Crippen LogP contribution in [-0.2, 0) is 6.54 Å². The summed E-state index contributed by atoms with van der Waals surface area (Å²) in [5, 5.41) is 8.54. The predicted molar refractivity (Wildman–Crippen MR) is 65.5 cm³/mol. The first kappa shape index (κ1) is 14.8. The molecule has 0 aliphatic rings. The minimum absolute atomic E-state index is 0.0835. The van der Waals surface area contributed by atoms with Crippen LogP contribution in [0.15, 0.2) is 30.6 Å². The number of rotatable bonds is 5. The third kappa shape index (κ3) is 4.79. The van der Waals surface area contributed by atoms with E-state index in [-0.39, 0.29) is 18.1 Å². The SMILES string of the molecule is O=C(NCc1ccc(OCC(F)(F)F)cc1)c1ncn[nH]1. The molecule has 0 saturated carbocycles. The van der Waals surface area contributed by atoms with Gasteiger partial charge in [-0.15, -0.1) is 0 Å². The zero-order valence-corrected chi connectivity index (χ0v) is 10.6. The summed E-state index contributed by atoms with van der Waals surface area (Å²) in [4.78, 5) is 15.2. The van der Waals surface area contributed by atoms with Gasteiger partial charge in [-0.2, -0.15) is 18.3 Å². The van der Waals surface area contributed by atoms with Crippen LogP contribution in [-0.4, -0.2) is 33.9 Å². The van der Waals surface area contributed by atoms with Crippen molar-refractivity contribution in [2.24, 2.45) is 0 Å². The Morgan fingerprint density at radius 2 is 2.00 bits per heavy atom. The standard InChI is InChI=1S/C12H11F3N4O2/c13-12(14,15)6-21-9-3-1-8(2-4-9)5-16-11(20)10-17-7-18-19-10/h1-4,7H,5-6H2,(H,16,20)(H,17,18,19). The van der Waals surface area contributed by atoms with Gasteiger partial charge in [0, 0.05) is 6.54 Å². The van der Waals surface area contributed by atoms with Crippen molar-refractivity contribution in [3.8, 4) is 5.75 Å². The maximum atomic E-state index is 12.0. The van der Waals surface area contributed by atoms with E-state index >= 15 is 0 Å². The van der Waals surface area contributed by atoms with Crippen LogP contribution in [0.5, 0.6) is 5.75 Å². The van der Waals surface area contributed by atoms with E-state index < -0.39 is 18.7 Å². The lowest BCUT2D eigenvalue weighted by Crippen LogP contribution is -2.24. The van der Waals surface area contributed by atoms with Gasteiger partial charge in [0.2, 0.25) is 5.82 Å². The quantitative estimate of drug-likeness (QED) is 0.880. The van der Waals surface area contributed by atoms with Gasteiger partial charge in [0.25, 0.3) is 5.91 Å². The molecule has 2 aromatic rings. The van der Waals surface area contributed by atoms with Gasteiger partial charge in [0.15, 0.2) is 6.61 Å². The van der Waals surface area contributed by atoms with Crippen molar-refractivity contribution in [3.63, 3.8) is 0 Å². The van der Waals surface area contributed by atoms with Crippen LogP contribution in [0.2, 0.25) is 0 Å². The lowest BCUT2D eigenvalue weighted by atomic mass is 10.2. The summed E-state index contributed by atoms with van der Waals surface area (Å²) in [6, 6.07) is 5.93. The van der Waals surface area contributed by atoms with Crippen molar-refractivity contribution < 1.29 is 22.7 Å². The number of amides is 1. The van der Waals surface area contributed by atoms with Gasteiger partial charge < -0.3 is 10.1 Å². The van der Waals surface area contributed by atoms with E-state index in [1.54, 1.807) is 12.1 Å². The maximum absolute atomic E-state index is 12.0. The molecule has 0 unspecified atom stereocenters. The normalized spacial score (nSPS) is 11.2. The van der Waals surface area contributed by atoms with Crippen molar-refractivity contribution in [2.75, 3.05) is 6.61 Å². The topological polar surface area (TPSA) is 79.9 Å². The van der Waals surface area contributed by atoms with Gasteiger partial charge in [-0.3, -0.25) is 9.89 Å². The number of nitrogens with zero attached hydrogens (tertiary/aromatic N) is 2. The molecule has 2 rings (SSSR count). The molecular weight excluding hydrogens is 289 g/mol. The van der Waals surface area contributed by atoms with Gasteiger partial charge in [-0.25, -0.2) is 4.98 Å². The molecule has 1 heterocycles. The zero-order valence-electron chi connectivity index (χ0n) is 10.6. The third-order valence-electron chi connectivity index (χ3n) is 2.41. The number of aromatic nitrogens is 3. The van der Waals surface area contributed by atoms with Crippen LogP contribution in [0.3, 0.4) is 0 Å². The summed E-state index contributed by atoms with van der Waals surface area (Å²) in [6.45, 7) is -1.13. The first-order chi connectivity index (χ1) is 9.94. The summed E-state index contributed by atoms with van der Waals surface area (Å²) in [6.07, 6.45) is -3.16. The molecule has 112 valence electrons. The highest BCUT2D eigenvalue weighted by Crippen LogP contribution is 2.18. The zero-order chi connectivity index (χ0) is 15.3. The van der Waals surface area contributed by atoms with Crippen LogP contribution < -0.4 is 10.1 Å². The second kappa shape index (κ2) is 6.25. The number of H-pyrrole nitrogens is 1. The average molecular weight is 300 g/mol. The summed E-state index contributed by atoms with van der Waals surface area (Å²) in [5.41, 5.74) is 0.710. The van der Waals surface area contributed by atoms with E-state index in [9.17, 15) is 18.0 Å². The van der Waals surface area contributed by atoms with Gasteiger partial charge >= 0.3 is 6.18 Å². The molecule has 0 spiro atoms. The van der Waals surface area contributed by atoms with Gasteiger partial charge in [-0.05, 0) is 17.7 Å². The van der Waals surface area contributed by atoms with Crippen LogP contribution >= 0.6 is 0 Å². The lowest BCUT2D eigenvalue weighted by molar-refractivity contribution is -0.153. The molecule has 0 aliphatic heterocycles. The number of carbonyl (C=O) groups excluding carboxylic acids is 1. The number of benzene rings is 1. The minimum Gasteiger partial charge on any atom is -0.484 e. The van der Waals surface area contributed by atoms with Crippen LogP contribution in [0.1, 0.15) is 16.2 Å². The minimum atomic E-state index is -4.37. The second-order valence-corrected chi connectivity index (χ2v) is 4.06. The summed E-state index contributed by atoms with van der Waals surface area (Å²) in [7, 11) is 0. The Hall–Kier alpha value is -2.58. The monoisotopic (exact) mass is 300 g/mol. The largest absolute Gasteiger partial charge is 0.484 e. The van der Waals surface area contributed by atoms with E-state index in [4.69, 9.17) is 0 Å². The van der Waals surface area contributed by atoms with E-state index in [0.717, 1.165) is 0 Å². The Morgan fingerprint density at radius 3 is 2.57 bits per heavy atom. The molecule has 1 aromatic carbocycles. The number of carbonyl (C=O) groups is 1. The summed E-state index contributed by atoms with van der Waals surface area (Å²) in [5.74, 6) is -0.234. The highest BCUT2D eigenvalue weighted by atomic mass is 19.4. The highest BCUT2D eigenvalue weighted by molar-refractivity contribution is 5.90. The smallest absolute Gasteiger partial charge is 0.422 e. The Balaban J connectivity index is 1.84. The number of alkyl halides is 3. The molecule has 1 aromatic heterocycles. The molecule has 0 saturated heterocycles. The van der Waals surface area contributed by atoms with E-state index in [0.29, 0.717) is 5.56 Å². The molecule has 21 heavy (non-hydrogen) atoms. The Bertz CT molecular complexity index is 582. The first-order valence-electron chi connectivity index (χ1n) is 5.86. The molecule has 0 bridgehead atoms. The second-order valence-electron chi connectivity index (χ2n) is 4.06. The molecular formula is C12H11F3N4O2. The van der Waals surface area contributed by atoms with Crippen molar-refractivity contribution in [2.45, 2.75) is 12.7 Å². The number of halogens is 3. The highest BCUT2D eigenvalue weighted by Gasteiger charge is 2.28. The van der Waals surface area contributed by atoms with Gasteiger partial charge in [-0.1, -0.05) is 12.1 Å². The van der Waals surface area contributed by atoms with E-state index in [1.165, 1.54) is 18.5 Å². The number of hydrogen-bond acceptors (Lipinski definition) is 4. The van der Waals surface area contributed by atoms with Crippen molar-refractivity contribution in [1.29, 1.82) is 0 Å². The summed E-state index contributed by atoms with van der Waals surface area (Å²) >= 11 is 0. The molecule has 0 aliphatic carbocycles. The number of ether oxygens (including phenoxy) is 1. The molecule has 6 nitrogen and oxygen atoms in total. The maximum Gasteiger partial charge on any atom is 0.422 e. The van der Waals surface area contributed by atoms with Crippen LogP contribution in [0.25, 0.3) is 0 Å². The van der Waals surface area contributed by atoms with Crippen molar-refractivity contribution >= 4 is 5.91 Å².